The van der Waals surface area contributed by atoms with E-state index >= 15 is 0 Å². The molecule has 29 heavy (non-hydrogen) atoms. The van der Waals surface area contributed by atoms with Crippen LogP contribution in [0.2, 0.25) is 0 Å². The van der Waals surface area contributed by atoms with E-state index in [1.807, 2.05) is 24.3 Å². The van der Waals surface area contributed by atoms with Crippen LogP contribution in [0.4, 0.5) is 0 Å². The highest BCUT2D eigenvalue weighted by atomic mass is 79.9. The minimum Gasteiger partial charge on any atom is -0.490 e. The Bertz CT molecular complexity index is 973. The zero-order valence-corrected chi connectivity index (χ0v) is 19.7. The van der Waals surface area contributed by atoms with Gasteiger partial charge in [0.15, 0.2) is 0 Å². The highest BCUT2D eigenvalue weighted by Crippen LogP contribution is 2.31. The number of hydrogen-bond donors (Lipinski definition) is 1. The molecule has 0 spiro atoms. The predicted molar refractivity (Wildman–Crippen MR) is 127 cm³/mol. The highest BCUT2D eigenvalue weighted by Gasteiger charge is 2.22. The van der Waals surface area contributed by atoms with E-state index < -0.39 is 0 Å². The van der Waals surface area contributed by atoms with Gasteiger partial charge in [0.2, 0.25) is 0 Å². The monoisotopic (exact) mass is 491 g/mol. The Hall–Kier alpha value is -1.83. The molecule has 1 fully saturated rings. The summed E-state index contributed by atoms with van der Waals surface area (Å²) in [5.41, 5.74) is 3.26. The summed E-state index contributed by atoms with van der Waals surface area (Å²) in [5, 5.41) is 2.61. The van der Waals surface area contributed by atoms with Crippen molar-refractivity contribution in [2.45, 2.75) is 26.7 Å². The topological polar surface area (TPSA) is 47.6 Å². The van der Waals surface area contributed by atoms with Crippen LogP contribution in [0, 0.1) is 6.92 Å². The van der Waals surface area contributed by atoms with Crippen LogP contribution in [0.25, 0.3) is 6.08 Å². The number of carbonyl (C=O) groups excluding carboxylic acids is 1. The summed E-state index contributed by atoms with van der Waals surface area (Å²) in [6.45, 7) is 7.25. The molecule has 0 aliphatic carbocycles. The molecule has 1 aliphatic rings. The van der Waals surface area contributed by atoms with E-state index in [4.69, 9.17) is 21.7 Å². The van der Waals surface area contributed by atoms with Gasteiger partial charge in [0.25, 0.3) is 5.91 Å². The van der Waals surface area contributed by atoms with Gasteiger partial charge in [0.05, 0.1) is 9.38 Å². The van der Waals surface area contributed by atoms with E-state index in [1.165, 1.54) is 22.9 Å². The number of amides is 1. The summed E-state index contributed by atoms with van der Waals surface area (Å²) in [4.78, 5) is 12.4. The number of nitrogens with one attached hydrogen (secondary N) is 1. The summed E-state index contributed by atoms with van der Waals surface area (Å²) in [6.07, 6.45) is 1.81. The summed E-state index contributed by atoms with van der Waals surface area (Å²) in [5.74, 6) is 1.88. The Balaban J connectivity index is 1.58. The van der Waals surface area contributed by atoms with Crippen LogP contribution in [-0.2, 0) is 4.79 Å². The fourth-order valence-corrected chi connectivity index (χ4v) is 4.40. The van der Waals surface area contributed by atoms with Gasteiger partial charge in [-0.2, -0.15) is 0 Å². The van der Waals surface area contributed by atoms with Crippen LogP contribution in [0.1, 0.15) is 36.5 Å². The van der Waals surface area contributed by atoms with Crippen molar-refractivity contribution in [2.75, 3.05) is 13.2 Å². The number of hydrogen-bond acceptors (Lipinski definition) is 5. The molecule has 2 aromatic carbocycles. The van der Waals surface area contributed by atoms with E-state index in [2.05, 4.69) is 60.2 Å². The van der Waals surface area contributed by atoms with Gasteiger partial charge < -0.3 is 14.8 Å². The van der Waals surface area contributed by atoms with Crippen molar-refractivity contribution in [3.63, 3.8) is 0 Å². The van der Waals surface area contributed by atoms with Gasteiger partial charge in [-0.25, -0.2) is 0 Å². The van der Waals surface area contributed by atoms with E-state index in [-0.39, 0.29) is 5.91 Å². The molecule has 1 N–H and O–H groups in total. The maximum Gasteiger partial charge on any atom is 0.263 e. The molecule has 4 nitrogen and oxygen atoms in total. The van der Waals surface area contributed by atoms with Crippen molar-refractivity contribution in [1.29, 1.82) is 0 Å². The lowest BCUT2D eigenvalue weighted by molar-refractivity contribution is -0.115. The number of thiocarbonyl (C=S) groups is 1. The van der Waals surface area contributed by atoms with Gasteiger partial charge in [-0.05, 0) is 69.7 Å². The van der Waals surface area contributed by atoms with E-state index in [1.54, 1.807) is 0 Å². The minimum absolute atomic E-state index is 0.162. The number of ether oxygens (including phenoxy) is 2. The average molecular weight is 492 g/mol. The summed E-state index contributed by atoms with van der Waals surface area (Å²) >= 11 is 9.81. The quantitative estimate of drug-likeness (QED) is 0.300. The Kier molecular flexibility index (Phi) is 7.38. The van der Waals surface area contributed by atoms with Gasteiger partial charge in [0.1, 0.15) is 29.0 Å². The molecule has 0 saturated carbocycles. The second-order valence-electron chi connectivity index (χ2n) is 6.93. The van der Waals surface area contributed by atoms with E-state index in [0.29, 0.717) is 28.4 Å². The predicted octanol–water partition coefficient (Wildman–Crippen LogP) is 5.83. The Morgan fingerprint density at radius 1 is 1.14 bits per heavy atom. The number of rotatable bonds is 7. The lowest BCUT2D eigenvalue weighted by Crippen LogP contribution is -2.17. The molecular weight excluding hydrogens is 470 g/mol. The van der Waals surface area contributed by atoms with Crippen LogP contribution < -0.4 is 14.8 Å². The lowest BCUT2D eigenvalue weighted by Gasteiger charge is -2.15. The van der Waals surface area contributed by atoms with Gasteiger partial charge >= 0.3 is 0 Å². The Morgan fingerprint density at radius 3 is 2.48 bits per heavy atom. The van der Waals surface area contributed by atoms with Crippen LogP contribution in [0.15, 0.2) is 45.8 Å². The highest BCUT2D eigenvalue weighted by molar-refractivity contribution is 9.10. The minimum atomic E-state index is -0.162. The van der Waals surface area contributed by atoms with Crippen molar-refractivity contribution in [2.24, 2.45) is 0 Å². The molecule has 152 valence electrons. The van der Waals surface area contributed by atoms with Crippen molar-refractivity contribution in [3.8, 4) is 11.5 Å². The number of aryl methyl sites for hydroxylation is 1. The first kappa shape index (κ1) is 21.9. The molecule has 0 radical (unpaired) electrons. The lowest BCUT2D eigenvalue weighted by atomic mass is 10.0. The van der Waals surface area contributed by atoms with Crippen molar-refractivity contribution >= 4 is 56.2 Å². The standard InChI is InChI=1S/C22H22BrNO3S2/c1-13(2)16-6-4-14(3)10-19(16)27-9-8-26-18-7-5-15(11-17(18)23)12-20-21(25)24-22(28)29-20/h4-7,10-13H,8-9H2,1-3H3,(H,24,25,28). The number of thioether (sulfide) groups is 1. The van der Waals surface area contributed by atoms with Crippen LogP contribution in [-0.4, -0.2) is 23.4 Å². The maximum atomic E-state index is 11.8. The first-order chi connectivity index (χ1) is 13.8. The molecule has 0 bridgehead atoms. The van der Waals surface area contributed by atoms with Crippen LogP contribution in [0.3, 0.4) is 0 Å². The van der Waals surface area contributed by atoms with Crippen molar-refractivity contribution in [3.05, 3.63) is 62.5 Å². The van der Waals surface area contributed by atoms with E-state index in [0.717, 1.165) is 21.5 Å². The molecular formula is C22H22BrNO3S2. The molecule has 2 aromatic rings. The molecule has 0 unspecified atom stereocenters. The third-order valence-corrected chi connectivity index (χ3v) is 6.07. The van der Waals surface area contributed by atoms with Gasteiger partial charge in [-0.3, -0.25) is 4.79 Å². The zero-order valence-electron chi connectivity index (χ0n) is 16.5. The summed E-state index contributed by atoms with van der Waals surface area (Å²) < 4.78 is 13.1. The molecule has 1 saturated heterocycles. The number of benzene rings is 2. The van der Waals surface area contributed by atoms with Gasteiger partial charge in [-0.1, -0.05) is 56.0 Å². The van der Waals surface area contributed by atoms with Crippen LogP contribution in [0.5, 0.6) is 11.5 Å². The Morgan fingerprint density at radius 2 is 1.86 bits per heavy atom. The Labute approximate surface area is 189 Å². The first-order valence-corrected chi connectivity index (χ1v) is 11.3. The molecule has 1 amide bonds. The third kappa shape index (κ3) is 5.84. The largest absolute Gasteiger partial charge is 0.490 e. The third-order valence-electron chi connectivity index (χ3n) is 4.29. The fourth-order valence-electron chi connectivity index (χ4n) is 2.84. The van der Waals surface area contributed by atoms with Crippen molar-refractivity contribution < 1.29 is 14.3 Å². The number of carbonyl (C=O) groups is 1. The van der Waals surface area contributed by atoms with E-state index in [9.17, 15) is 4.79 Å². The number of halogens is 1. The van der Waals surface area contributed by atoms with Gasteiger partial charge in [0, 0.05) is 0 Å². The SMILES string of the molecule is Cc1ccc(C(C)C)c(OCCOc2ccc(C=C3SC(=S)NC3=O)cc2Br)c1. The second-order valence-corrected chi connectivity index (χ2v) is 9.51. The smallest absolute Gasteiger partial charge is 0.263 e. The normalized spacial score (nSPS) is 15.1. The summed E-state index contributed by atoms with van der Waals surface area (Å²) in [7, 11) is 0. The maximum absolute atomic E-state index is 11.8. The molecule has 3 rings (SSSR count). The average Bonchev–Trinajstić information content (AvgIpc) is 2.97. The summed E-state index contributed by atoms with van der Waals surface area (Å²) in [6, 6.07) is 12.0. The zero-order chi connectivity index (χ0) is 21.0. The van der Waals surface area contributed by atoms with Crippen molar-refractivity contribution in [1.82, 2.24) is 5.32 Å². The molecule has 1 heterocycles. The molecule has 0 atom stereocenters. The fraction of sp³-hybridized carbons (Fsp3) is 0.273. The molecule has 0 aromatic heterocycles. The molecule has 1 aliphatic heterocycles. The second kappa shape index (κ2) is 9.78. The first-order valence-electron chi connectivity index (χ1n) is 9.24. The van der Waals surface area contributed by atoms with Gasteiger partial charge in [-0.15, -0.1) is 0 Å². The van der Waals surface area contributed by atoms with Crippen LogP contribution >= 0.6 is 39.9 Å². The molecule has 7 heteroatoms.